The predicted molar refractivity (Wildman–Crippen MR) is 80.6 cm³/mol. The van der Waals surface area contributed by atoms with Crippen molar-refractivity contribution in [2.75, 3.05) is 33.7 Å². The standard InChI is InChI=1S/C14H21N3O3S/c1-15-9-11-7-8-17(10-11)21(19,20)13-5-3-12(4-6-13)14(18)16-2/h3-6,11,15H,7-10H2,1-2H3,(H,16,18)/t11-/m0/s1. The van der Waals surface area contributed by atoms with E-state index in [2.05, 4.69) is 10.6 Å². The summed E-state index contributed by atoms with van der Waals surface area (Å²) in [5.74, 6) is 0.129. The zero-order valence-corrected chi connectivity index (χ0v) is 13.1. The first-order chi connectivity index (χ1) is 9.98. The van der Waals surface area contributed by atoms with Crippen molar-refractivity contribution < 1.29 is 13.2 Å². The first-order valence-electron chi connectivity index (χ1n) is 6.96. The number of benzene rings is 1. The minimum Gasteiger partial charge on any atom is -0.355 e. The Balaban J connectivity index is 2.15. The third-order valence-corrected chi connectivity index (χ3v) is 5.60. The SMILES string of the molecule is CNC[C@@H]1CCN(S(=O)(=O)c2ccc(C(=O)NC)cc2)C1. The summed E-state index contributed by atoms with van der Waals surface area (Å²) in [6.07, 6.45) is 0.871. The molecule has 1 atom stereocenters. The maximum atomic E-state index is 12.5. The minimum absolute atomic E-state index is 0.228. The van der Waals surface area contributed by atoms with Crippen molar-refractivity contribution in [2.24, 2.45) is 5.92 Å². The van der Waals surface area contributed by atoms with Crippen LogP contribution in [0.5, 0.6) is 0 Å². The highest BCUT2D eigenvalue weighted by molar-refractivity contribution is 7.89. The van der Waals surface area contributed by atoms with Crippen LogP contribution in [-0.2, 0) is 10.0 Å². The van der Waals surface area contributed by atoms with E-state index in [1.54, 1.807) is 7.05 Å². The first kappa shape index (κ1) is 15.9. The Bertz CT molecular complexity index is 598. The molecular formula is C14H21N3O3S. The van der Waals surface area contributed by atoms with Crippen molar-refractivity contribution in [3.63, 3.8) is 0 Å². The van der Waals surface area contributed by atoms with Crippen molar-refractivity contribution in [2.45, 2.75) is 11.3 Å². The van der Waals surface area contributed by atoms with Crippen LogP contribution in [-0.4, -0.2) is 52.4 Å². The van der Waals surface area contributed by atoms with Gasteiger partial charge in [0.25, 0.3) is 5.91 Å². The number of rotatable bonds is 5. The molecule has 1 aliphatic rings. The quantitative estimate of drug-likeness (QED) is 0.818. The molecular weight excluding hydrogens is 290 g/mol. The Morgan fingerprint density at radius 1 is 1.29 bits per heavy atom. The Morgan fingerprint density at radius 3 is 2.52 bits per heavy atom. The molecule has 0 radical (unpaired) electrons. The summed E-state index contributed by atoms with van der Waals surface area (Å²) in [7, 11) is -0.0548. The second-order valence-electron chi connectivity index (χ2n) is 5.18. The smallest absolute Gasteiger partial charge is 0.251 e. The Kier molecular flexibility index (Phi) is 4.97. The first-order valence-corrected chi connectivity index (χ1v) is 8.40. The fraction of sp³-hybridized carbons (Fsp3) is 0.500. The molecule has 0 spiro atoms. The van der Waals surface area contributed by atoms with Gasteiger partial charge in [-0.15, -0.1) is 0 Å². The summed E-state index contributed by atoms with van der Waals surface area (Å²) in [6, 6.07) is 6.05. The summed E-state index contributed by atoms with van der Waals surface area (Å²) < 4.78 is 26.6. The summed E-state index contributed by atoms with van der Waals surface area (Å²) in [5, 5.41) is 5.59. The van der Waals surface area contributed by atoms with Gasteiger partial charge < -0.3 is 10.6 Å². The van der Waals surface area contributed by atoms with Crippen molar-refractivity contribution >= 4 is 15.9 Å². The molecule has 1 aromatic rings. The summed E-state index contributed by atoms with van der Waals surface area (Å²) >= 11 is 0. The van der Waals surface area contributed by atoms with Crippen LogP contribution >= 0.6 is 0 Å². The molecule has 0 unspecified atom stereocenters. The molecule has 116 valence electrons. The van der Waals surface area contributed by atoms with E-state index in [1.165, 1.54) is 28.6 Å². The second kappa shape index (κ2) is 6.55. The Morgan fingerprint density at radius 2 is 1.95 bits per heavy atom. The molecule has 0 aromatic heterocycles. The van der Waals surface area contributed by atoms with Crippen LogP contribution in [0.25, 0.3) is 0 Å². The van der Waals surface area contributed by atoms with Gasteiger partial charge in [0, 0.05) is 25.7 Å². The van der Waals surface area contributed by atoms with E-state index in [0.717, 1.165) is 13.0 Å². The van der Waals surface area contributed by atoms with E-state index >= 15 is 0 Å². The van der Waals surface area contributed by atoms with E-state index in [-0.39, 0.29) is 10.8 Å². The normalized spacial score (nSPS) is 19.6. The number of nitrogens with one attached hydrogen (secondary N) is 2. The molecule has 2 rings (SSSR count). The molecule has 1 saturated heterocycles. The van der Waals surface area contributed by atoms with Gasteiger partial charge in [-0.25, -0.2) is 8.42 Å². The molecule has 2 N–H and O–H groups in total. The lowest BCUT2D eigenvalue weighted by Gasteiger charge is -2.16. The van der Waals surface area contributed by atoms with E-state index < -0.39 is 10.0 Å². The zero-order chi connectivity index (χ0) is 15.5. The number of carbonyl (C=O) groups is 1. The second-order valence-corrected chi connectivity index (χ2v) is 7.12. The van der Waals surface area contributed by atoms with Gasteiger partial charge in [-0.05, 0) is 50.2 Å². The number of hydrogen-bond acceptors (Lipinski definition) is 4. The average Bonchev–Trinajstić information content (AvgIpc) is 2.96. The highest BCUT2D eigenvalue weighted by Crippen LogP contribution is 2.24. The zero-order valence-electron chi connectivity index (χ0n) is 12.3. The molecule has 1 amide bonds. The van der Waals surface area contributed by atoms with Gasteiger partial charge in [0.2, 0.25) is 10.0 Å². The average molecular weight is 311 g/mol. The molecule has 7 heteroatoms. The van der Waals surface area contributed by atoms with Gasteiger partial charge in [0.15, 0.2) is 0 Å². The number of carbonyl (C=O) groups excluding carboxylic acids is 1. The minimum atomic E-state index is -3.47. The van der Waals surface area contributed by atoms with Crippen LogP contribution in [0, 0.1) is 5.92 Å². The Labute approximate surface area is 125 Å². The Hall–Kier alpha value is -1.44. The largest absolute Gasteiger partial charge is 0.355 e. The third kappa shape index (κ3) is 3.42. The molecule has 1 heterocycles. The number of hydrogen-bond donors (Lipinski definition) is 2. The van der Waals surface area contributed by atoms with Gasteiger partial charge in [-0.3, -0.25) is 4.79 Å². The van der Waals surface area contributed by atoms with Crippen LogP contribution in [0.3, 0.4) is 0 Å². The van der Waals surface area contributed by atoms with Crippen molar-refractivity contribution in [3.05, 3.63) is 29.8 Å². The van der Waals surface area contributed by atoms with E-state index in [1.807, 2.05) is 7.05 Å². The van der Waals surface area contributed by atoms with E-state index in [4.69, 9.17) is 0 Å². The van der Waals surface area contributed by atoms with Gasteiger partial charge in [-0.2, -0.15) is 4.31 Å². The molecule has 1 aliphatic heterocycles. The summed E-state index contributed by atoms with van der Waals surface area (Å²) in [5.41, 5.74) is 0.450. The van der Waals surface area contributed by atoms with Crippen LogP contribution in [0.15, 0.2) is 29.2 Å². The fourth-order valence-corrected chi connectivity index (χ4v) is 4.07. The van der Waals surface area contributed by atoms with Crippen molar-refractivity contribution in [1.82, 2.24) is 14.9 Å². The molecule has 1 fully saturated rings. The van der Waals surface area contributed by atoms with Gasteiger partial charge in [-0.1, -0.05) is 0 Å². The van der Waals surface area contributed by atoms with Crippen molar-refractivity contribution in [3.8, 4) is 0 Å². The lowest BCUT2D eigenvalue weighted by atomic mass is 10.1. The molecule has 1 aromatic carbocycles. The van der Waals surface area contributed by atoms with Gasteiger partial charge >= 0.3 is 0 Å². The molecule has 0 aliphatic carbocycles. The molecule has 6 nitrogen and oxygen atoms in total. The van der Waals surface area contributed by atoms with Gasteiger partial charge in [0.1, 0.15) is 0 Å². The number of amides is 1. The summed E-state index contributed by atoms with van der Waals surface area (Å²) in [6.45, 7) is 1.91. The maximum absolute atomic E-state index is 12.5. The number of nitrogens with zero attached hydrogens (tertiary/aromatic N) is 1. The lowest BCUT2D eigenvalue weighted by Crippen LogP contribution is -2.30. The molecule has 21 heavy (non-hydrogen) atoms. The topological polar surface area (TPSA) is 78.5 Å². The van der Waals surface area contributed by atoms with Crippen LogP contribution in [0.2, 0.25) is 0 Å². The van der Waals surface area contributed by atoms with Crippen LogP contribution in [0.4, 0.5) is 0 Å². The highest BCUT2D eigenvalue weighted by Gasteiger charge is 2.32. The fourth-order valence-electron chi connectivity index (χ4n) is 2.54. The third-order valence-electron chi connectivity index (χ3n) is 3.72. The number of sulfonamides is 1. The lowest BCUT2D eigenvalue weighted by molar-refractivity contribution is 0.0963. The van der Waals surface area contributed by atoms with Crippen LogP contribution < -0.4 is 10.6 Å². The van der Waals surface area contributed by atoms with Crippen molar-refractivity contribution in [1.29, 1.82) is 0 Å². The molecule has 0 saturated carbocycles. The summed E-state index contributed by atoms with van der Waals surface area (Å²) in [4.78, 5) is 11.7. The van der Waals surface area contributed by atoms with E-state index in [9.17, 15) is 13.2 Å². The predicted octanol–water partition coefficient (Wildman–Crippen LogP) is 0.276. The highest BCUT2D eigenvalue weighted by atomic mass is 32.2. The maximum Gasteiger partial charge on any atom is 0.251 e. The van der Waals surface area contributed by atoms with Crippen LogP contribution in [0.1, 0.15) is 16.8 Å². The van der Waals surface area contributed by atoms with E-state index in [0.29, 0.717) is 24.6 Å². The molecule has 0 bridgehead atoms. The monoisotopic (exact) mass is 311 g/mol. The van der Waals surface area contributed by atoms with Gasteiger partial charge in [0.05, 0.1) is 4.90 Å².